The first-order valence-electron chi connectivity index (χ1n) is 8.45. The molecule has 1 N–H and O–H groups in total. The second kappa shape index (κ2) is 7.58. The predicted octanol–water partition coefficient (Wildman–Crippen LogP) is 1.69. The van der Waals surface area contributed by atoms with Gasteiger partial charge in [-0.1, -0.05) is 18.2 Å². The first-order chi connectivity index (χ1) is 13.2. The van der Waals surface area contributed by atoms with Gasteiger partial charge in [0, 0.05) is 20.5 Å². The van der Waals surface area contributed by atoms with Crippen molar-refractivity contribution < 1.29 is 22.7 Å². The van der Waals surface area contributed by atoms with Gasteiger partial charge in [0.2, 0.25) is 0 Å². The van der Waals surface area contributed by atoms with E-state index in [1.807, 2.05) is 0 Å². The maximum absolute atomic E-state index is 12.6. The summed E-state index contributed by atoms with van der Waals surface area (Å²) in [5.41, 5.74) is -0.653. The molecule has 0 radical (unpaired) electrons. The Labute approximate surface area is 157 Å². The average Bonchev–Trinajstić information content (AvgIpc) is 2.91. The zero-order chi connectivity index (χ0) is 20.5. The standard InChI is InChI=1S/C17H18F3N5O3/c1-21-15(26)25-14-12(24(2)16(25)27)9-22-13(23-14)7-8-28-11-5-3-10(4-6-11)17(18,19)20/h3-5,9,11H,6-8H2,1-2H3,(H,21,26). The number of nitrogens with one attached hydrogen (secondary N) is 1. The number of rotatable bonds is 4. The number of halogens is 3. The first kappa shape index (κ1) is 19.8. The van der Waals surface area contributed by atoms with Crippen molar-refractivity contribution in [3.05, 3.63) is 46.3 Å². The minimum Gasteiger partial charge on any atom is -0.373 e. The van der Waals surface area contributed by atoms with Crippen LogP contribution < -0.4 is 11.0 Å². The van der Waals surface area contributed by atoms with Gasteiger partial charge in [-0.2, -0.15) is 17.7 Å². The van der Waals surface area contributed by atoms with Gasteiger partial charge in [-0.25, -0.2) is 19.6 Å². The molecule has 1 atom stereocenters. The van der Waals surface area contributed by atoms with Gasteiger partial charge in [0.15, 0.2) is 5.65 Å². The molecule has 2 aromatic heterocycles. The summed E-state index contributed by atoms with van der Waals surface area (Å²) in [4.78, 5) is 32.6. The molecule has 3 rings (SSSR count). The van der Waals surface area contributed by atoms with E-state index >= 15 is 0 Å². The Morgan fingerprint density at radius 2 is 2.18 bits per heavy atom. The molecule has 8 nitrogen and oxygen atoms in total. The van der Waals surface area contributed by atoms with Gasteiger partial charge < -0.3 is 10.1 Å². The van der Waals surface area contributed by atoms with Crippen LogP contribution in [0.2, 0.25) is 0 Å². The van der Waals surface area contributed by atoms with E-state index in [1.165, 1.54) is 30.9 Å². The van der Waals surface area contributed by atoms with Crippen LogP contribution in [0, 0.1) is 0 Å². The third-order valence-corrected chi connectivity index (χ3v) is 4.31. The van der Waals surface area contributed by atoms with Crippen molar-refractivity contribution in [3.8, 4) is 0 Å². The highest BCUT2D eigenvalue weighted by molar-refractivity contribution is 5.86. The summed E-state index contributed by atoms with van der Waals surface area (Å²) < 4.78 is 45.5. The van der Waals surface area contributed by atoms with E-state index < -0.39 is 29.6 Å². The second-order valence-corrected chi connectivity index (χ2v) is 6.14. The molecule has 0 saturated carbocycles. The molecule has 0 spiro atoms. The number of imidazole rings is 1. The van der Waals surface area contributed by atoms with E-state index in [0.717, 1.165) is 16.7 Å². The Morgan fingerprint density at radius 3 is 2.79 bits per heavy atom. The van der Waals surface area contributed by atoms with E-state index in [1.54, 1.807) is 0 Å². The number of alkyl halides is 3. The number of aryl methyl sites for hydroxylation is 1. The summed E-state index contributed by atoms with van der Waals surface area (Å²) in [6, 6.07) is -0.615. The summed E-state index contributed by atoms with van der Waals surface area (Å²) >= 11 is 0. The minimum atomic E-state index is -4.36. The number of hydrogen-bond donors (Lipinski definition) is 1. The van der Waals surface area contributed by atoms with Crippen molar-refractivity contribution in [2.75, 3.05) is 13.7 Å². The number of carbonyl (C=O) groups excluding carboxylic acids is 1. The lowest BCUT2D eigenvalue weighted by Crippen LogP contribution is -2.34. The lowest BCUT2D eigenvalue weighted by atomic mass is 10.0. The topological polar surface area (TPSA) is 91.0 Å². The van der Waals surface area contributed by atoms with Gasteiger partial charge in [0.1, 0.15) is 11.3 Å². The van der Waals surface area contributed by atoms with Crippen LogP contribution in [0.3, 0.4) is 0 Å². The van der Waals surface area contributed by atoms with Gasteiger partial charge in [0.25, 0.3) is 0 Å². The lowest BCUT2D eigenvalue weighted by molar-refractivity contribution is -0.0890. The van der Waals surface area contributed by atoms with Crippen LogP contribution in [-0.2, 0) is 18.2 Å². The fourth-order valence-electron chi connectivity index (χ4n) is 2.80. The van der Waals surface area contributed by atoms with Crippen LogP contribution in [0.1, 0.15) is 12.2 Å². The van der Waals surface area contributed by atoms with Gasteiger partial charge >= 0.3 is 17.9 Å². The number of carbonyl (C=O) groups is 1. The Kier molecular flexibility index (Phi) is 5.36. The molecule has 0 aromatic carbocycles. The largest absolute Gasteiger partial charge is 0.416 e. The highest BCUT2D eigenvalue weighted by atomic mass is 19.4. The molecule has 1 aliphatic rings. The van der Waals surface area contributed by atoms with Crippen LogP contribution in [0.15, 0.2) is 34.8 Å². The zero-order valence-electron chi connectivity index (χ0n) is 15.2. The maximum Gasteiger partial charge on any atom is 0.416 e. The van der Waals surface area contributed by atoms with E-state index in [0.29, 0.717) is 11.3 Å². The number of nitrogens with zero attached hydrogens (tertiary/aromatic N) is 4. The number of amides is 1. The minimum absolute atomic E-state index is 0.125. The van der Waals surface area contributed by atoms with Crippen LogP contribution in [0.5, 0.6) is 0 Å². The van der Waals surface area contributed by atoms with Gasteiger partial charge in [-0.3, -0.25) is 4.57 Å². The number of aromatic nitrogens is 4. The average molecular weight is 397 g/mol. The maximum atomic E-state index is 12.6. The van der Waals surface area contributed by atoms with E-state index in [2.05, 4.69) is 15.3 Å². The van der Waals surface area contributed by atoms with Crippen LogP contribution in [0.25, 0.3) is 11.2 Å². The van der Waals surface area contributed by atoms with Crippen molar-refractivity contribution in [3.63, 3.8) is 0 Å². The van der Waals surface area contributed by atoms with E-state index in [-0.39, 0.29) is 25.1 Å². The molecule has 0 bridgehead atoms. The van der Waals surface area contributed by atoms with Crippen molar-refractivity contribution in [2.24, 2.45) is 7.05 Å². The Balaban J connectivity index is 1.68. The molecule has 0 saturated heterocycles. The molecule has 1 aliphatic carbocycles. The van der Waals surface area contributed by atoms with E-state index in [9.17, 15) is 22.8 Å². The van der Waals surface area contributed by atoms with Crippen molar-refractivity contribution in [2.45, 2.75) is 25.1 Å². The molecule has 28 heavy (non-hydrogen) atoms. The van der Waals surface area contributed by atoms with E-state index in [4.69, 9.17) is 4.74 Å². The second-order valence-electron chi connectivity index (χ2n) is 6.14. The molecule has 0 aliphatic heterocycles. The normalized spacial score (nSPS) is 17.0. The highest BCUT2D eigenvalue weighted by Crippen LogP contribution is 2.29. The Hall–Kier alpha value is -2.95. The van der Waals surface area contributed by atoms with Crippen molar-refractivity contribution >= 4 is 17.2 Å². The third-order valence-electron chi connectivity index (χ3n) is 4.31. The molecule has 2 aromatic rings. The van der Waals surface area contributed by atoms with Crippen molar-refractivity contribution in [1.82, 2.24) is 24.4 Å². The molecular formula is C17H18F3N5O3. The summed E-state index contributed by atoms with van der Waals surface area (Å²) in [6.45, 7) is 0.173. The third kappa shape index (κ3) is 3.84. The van der Waals surface area contributed by atoms with Gasteiger partial charge in [-0.15, -0.1) is 0 Å². The zero-order valence-corrected chi connectivity index (χ0v) is 15.2. The fourth-order valence-corrected chi connectivity index (χ4v) is 2.80. The summed E-state index contributed by atoms with van der Waals surface area (Å²) in [5.74, 6) is 0.349. The Morgan fingerprint density at radius 1 is 1.43 bits per heavy atom. The lowest BCUT2D eigenvalue weighted by Gasteiger charge is -2.18. The smallest absolute Gasteiger partial charge is 0.373 e. The molecule has 1 amide bonds. The quantitative estimate of drug-likeness (QED) is 0.848. The summed E-state index contributed by atoms with van der Waals surface area (Å²) in [5, 5.41) is 2.38. The van der Waals surface area contributed by atoms with Crippen LogP contribution >= 0.6 is 0 Å². The van der Waals surface area contributed by atoms with Gasteiger partial charge in [0.05, 0.1) is 24.5 Å². The van der Waals surface area contributed by atoms with Crippen LogP contribution in [0.4, 0.5) is 18.0 Å². The first-order valence-corrected chi connectivity index (χ1v) is 8.45. The SMILES string of the molecule is CNC(=O)n1c(=O)n(C)c2cnc(CCOC3C=CC(C(F)(F)F)=CC3)nc21. The predicted molar refractivity (Wildman–Crippen MR) is 94.0 cm³/mol. The van der Waals surface area contributed by atoms with Crippen molar-refractivity contribution in [1.29, 1.82) is 0 Å². The Bertz CT molecular complexity index is 1020. The monoisotopic (exact) mass is 397 g/mol. The summed E-state index contributed by atoms with van der Waals surface area (Å²) in [6.07, 6.45) is 0.483. The van der Waals surface area contributed by atoms with Gasteiger partial charge in [-0.05, 0) is 6.42 Å². The molecular weight excluding hydrogens is 379 g/mol. The number of hydrogen-bond acceptors (Lipinski definition) is 5. The fraction of sp³-hybridized carbons (Fsp3) is 0.412. The van der Waals surface area contributed by atoms with Crippen LogP contribution in [-0.4, -0.2) is 51.1 Å². The number of ether oxygens (including phenoxy) is 1. The number of fused-ring (bicyclic) bond motifs is 1. The highest BCUT2D eigenvalue weighted by Gasteiger charge is 2.33. The molecule has 11 heteroatoms. The summed E-state index contributed by atoms with van der Waals surface area (Å²) in [7, 11) is 2.91. The molecule has 2 heterocycles. The number of allylic oxidation sites excluding steroid dienone is 2. The molecule has 1 unspecified atom stereocenters. The molecule has 0 fully saturated rings. The molecule has 150 valence electrons.